The number of benzene rings is 2. The Morgan fingerprint density at radius 2 is 1.80 bits per heavy atom. The molecule has 76 valence electrons. The minimum Gasteiger partial charge on any atom is -0.0925 e. The third-order valence-electron chi connectivity index (χ3n) is 2.40. The van der Waals surface area contributed by atoms with Crippen molar-refractivity contribution < 1.29 is 0 Å². The van der Waals surface area contributed by atoms with E-state index in [0.29, 0.717) is 0 Å². The molecule has 0 radical (unpaired) electrons. The minimum atomic E-state index is 1.02. The molecule has 0 N–H and O–H groups in total. The molecule has 0 nitrogen and oxygen atoms in total. The van der Waals surface area contributed by atoms with E-state index in [-0.39, 0.29) is 0 Å². The molecule has 1 heteroatoms. The van der Waals surface area contributed by atoms with Crippen LogP contribution in [0.1, 0.15) is 12.0 Å². The quantitative estimate of drug-likeness (QED) is 0.706. The first-order valence-corrected chi connectivity index (χ1v) is 6.24. The van der Waals surface area contributed by atoms with Crippen molar-refractivity contribution in [2.75, 3.05) is 5.33 Å². The van der Waals surface area contributed by atoms with E-state index in [1.54, 1.807) is 0 Å². The Labute approximate surface area is 98.8 Å². The molecule has 2 rings (SSSR count). The van der Waals surface area contributed by atoms with Gasteiger partial charge in [-0.3, -0.25) is 0 Å². The van der Waals surface area contributed by atoms with E-state index in [1.807, 2.05) is 0 Å². The van der Waals surface area contributed by atoms with Crippen LogP contribution < -0.4 is 0 Å². The van der Waals surface area contributed by atoms with E-state index >= 15 is 0 Å². The minimum absolute atomic E-state index is 1.02. The summed E-state index contributed by atoms with van der Waals surface area (Å²) >= 11 is 3.42. The van der Waals surface area contributed by atoms with Crippen molar-refractivity contribution in [1.82, 2.24) is 0 Å². The van der Waals surface area contributed by atoms with E-state index in [4.69, 9.17) is 0 Å². The first-order valence-electron chi connectivity index (χ1n) is 5.12. The smallest absolute Gasteiger partial charge is 0.00660 e. The number of halogens is 1. The van der Waals surface area contributed by atoms with Gasteiger partial charge in [0.2, 0.25) is 0 Å². The third kappa shape index (κ3) is 2.48. The average molecular weight is 261 g/mol. The van der Waals surface area contributed by atoms with E-state index in [1.165, 1.54) is 16.3 Å². The Kier molecular flexibility index (Phi) is 3.57. The van der Waals surface area contributed by atoms with Crippen LogP contribution in [0.15, 0.2) is 48.5 Å². The fourth-order valence-corrected chi connectivity index (χ4v) is 1.93. The highest BCUT2D eigenvalue weighted by Gasteiger charge is 1.95. The number of rotatable bonds is 3. The van der Waals surface area contributed by atoms with E-state index in [0.717, 1.165) is 11.8 Å². The van der Waals surface area contributed by atoms with Gasteiger partial charge in [0.25, 0.3) is 0 Å². The summed E-state index contributed by atoms with van der Waals surface area (Å²) in [6.45, 7) is 0. The lowest BCUT2D eigenvalue weighted by Crippen LogP contribution is -1.77. The molecule has 0 bridgehead atoms. The Morgan fingerprint density at radius 3 is 2.67 bits per heavy atom. The van der Waals surface area contributed by atoms with Crippen LogP contribution in [0.5, 0.6) is 0 Å². The van der Waals surface area contributed by atoms with Gasteiger partial charge in [0.05, 0.1) is 0 Å². The van der Waals surface area contributed by atoms with Crippen LogP contribution in [0.2, 0.25) is 0 Å². The molecule has 0 spiro atoms. The molecule has 2 aromatic carbocycles. The zero-order chi connectivity index (χ0) is 10.5. The summed E-state index contributed by atoms with van der Waals surface area (Å²) in [6.07, 6.45) is 5.48. The molecule has 0 saturated carbocycles. The fraction of sp³-hybridized carbons (Fsp3) is 0.143. The predicted octanol–water partition coefficient (Wildman–Crippen LogP) is 4.64. The van der Waals surface area contributed by atoms with Crippen molar-refractivity contribution in [2.45, 2.75) is 6.42 Å². The molecule has 0 aromatic heterocycles. The molecule has 0 aliphatic carbocycles. The van der Waals surface area contributed by atoms with Crippen LogP contribution in [-0.4, -0.2) is 5.33 Å². The summed E-state index contributed by atoms with van der Waals surface area (Å²) in [5.41, 5.74) is 1.30. The first-order chi connectivity index (χ1) is 7.42. The van der Waals surface area contributed by atoms with Gasteiger partial charge in [-0.15, -0.1) is 0 Å². The van der Waals surface area contributed by atoms with Gasteiger partial charge in [-0.05, 0) is 22.8 Å². The highest BCUT2D eigenvalue weighted by Crippen LogP contribution is 2.19. The lowest BCUT2D eigenvalue weighted by Gasteiger charge is -2.01. The van der Waals surface area contributed by atoms with Gasteiger partial charge in [-0.25, -0.2) is 0 Å². The van der Waals surface area contributed by atoms with Crippen molar-refractivity contribution in [1.29, 1.82) is 0 Å². The maximum absolute atomic E-state index is 3.42. The van der Waals surface area contributed by atoms with Crippen LogP contribution in [0.25, 0.3) is 16.8 Å². The van der Waals surface area contributed by atoms with Crippen molar-refractivity contribution in [3.05, 3.63) is 54.1 Å². The van der Waals surface area contributed by atoms with Crippen LogP contribution in [-0.2, 0) is 0 Å². The van der Waals surface area contributed by atoms with Crippen LogP contribution in [0, 0.1) is 0 Å². The molecule has 0 saturated heterocycles. The molecule has 0 aliphatic heterocycles. The van der Waals surface area contributed by atoms with Gasteiger partial charge in [0.15, 0.2) is 0 Å². The summed E-state index contributed by atoms with van der Waals surface area (Å²) in [7, 11) is 0. The Balaban J connectivity index is 2.42. The molecule has 15 heavy (non-hydrogen) atoms. The Morgan fingerprint density at radius 1 is 1.00 bits per heavy atom. The van der Waals surface area contributed by atoms with Crippen molar-refractivity contribution in [3.8, 4) is 0 Å². The molecule has 0 unspecified atom stereocenters. The van der Waals surface area contributed by atoms with E-state index in [9.17, 15) is 0 Å². The van der Waals surface area contributed by atoms with Gasteiger partial charge in [-0.1, -0.05) is 70.5 Å². The number of hydrogen-bond acceptors (Lipinski definition) is 0. The molecule has 0 atom stereocenters. The van der Waals surface area contributed by atoms with Gasteiger partial charge in [0, 0.05) is 5.33 Å². The second kappa shape index (κ2) is 5.13. The average Bonchev–Trinajstić information content (AvgIpc) is 2.30. The van der Waals surface area contributed by atoms with Gasteiger partial charge < -0.3 is 0 Å². The summed E-state index contributed by atoms with van der Waals surface area (Å²) in [5.74, 6) is 0. The zero-order valence-electron chi connectivity index (χ0n) is 8.49. The first kappa shape index (κ1) is 10.4. The highest BCUT2D eigenvalue weighted by atomic mass is 79.9. The summed E-state index contributed by atoms with van der Waals surface area (Å²) < 4.78 is 0. The molecular formula is C14H13Br. The number of allylic oxidation sites excluding steroid dienone is 1. The van der Waals surface area contributed by atoms with Crippen molar-refractivity contribution >= 4 is 32.8 Å². The zero-order valence-corrected chi connectivity index (χ0v) is 10.1. The standard InChI is InChI=1S/C14H13Br/c15-11-4-3-7-13-9-5-8-12-6-1-2-10-14(12)13/h1-3,5-10H,4,11H2/b7-3+. The number of alkyl halides is 1. The lowest BCUT2D eigenvalue weighted by atomic mass is 10.0. The Bertz CT molecular complexity index is 466. The number of fused-ring (bicyclic) bond motifs is 1. The van der Waals surface area contributed by atoms with Crippen LogP contribution in [0.4, 0.5) is 0 Å². The maximum atomic E-state index is 3.42. The van der Waals surface area contributed by atoms with Crippen LogP contribution >= 0.6 is 15.9 Å². The third-order valence-corrected chi connectivity index (χ3v) is 2.85. The molecular weight excluding hydrogens is 248 g/mol. The predicted molar refractivity (Wildman–Crippen MR) is 71.4 cm³/mol. The fourth-order valence-electron chi connectivity index (χ4n) is 1.67. The lowest BCUT2D eigenvalue weighted by molar-refractivity contribution is 1.27. The summed E-state index contributed by atoms with van der Waals surface area (Å²) in [4.78, 5) is 0. The summed E-state index contributed by atoms with van der Waals surface area (Å²) in [5, 5.41) is 3.65. The van der Waals surface area contributed by atoms with Crippen molar-refractivity contribution in [2.24, 2.45) is 0 Å². The van der Waals surface area contributed by atoms with E-state index in [2.05, 4.69) is 70.5 Å². The SMILES string of the molecule is BrCC/C=C/c1cccc2ccccc12. The van der Waals surface area contributed by atoms with E-state index < -0.39 is 0 Å². The molecule has 2 aromatic rings. The second-order valence-electron chi connectivity index (χ2n) is 3.45. The van der Waals surface area contributed by atoms with Gasteiger partial charge in [0.1, 0.15) is 0 Å². The molecule has 0 fully saturated rings. The number of hydrogen-bond donors (Lipinski definition) is 0. The Hall–Kier alpha value is -1.08. The van der Waals surface area contributed by atoms with Gasteiger partial charge >= 0.3 is 0 Å². The summed E-state index contributed by atoms with van der Waals surface area (Å²) in [6, 6.07) is 14.9. The topological polar surface area (TPSA) is 0 Å². The van der Waals surface area contributed by atoms with Crippen molar-refractivity contribution in [3.63, 3.8) is 0 Å². The van der Waals surface area contributed by atoms with Gasteiger partial charge in [-0.2, -0.15) is 0 Å². The molecule has 0 amide bonds. The van der Waals surface area contributed by atoms with Crippen LogP contribution in [0.3, 0.4) is 0 Å². The highest BCUT2D eigenvalue weighted by molar-refractivity contribution is 9.09. The molecule has 0 heterocycles. The largest absolute Gasteiger partial charge is 0.0925 e. The maximum Gasteiger partial charge on any atom is 0.00660 e. The normalized spacial score (nSPS) is 11.3. The second-order valence-corrected chi connectivity index (χ2v) is 4.24. The molecule has 0 aliphatic rings. The monoisotopic (exact) mass is 260 g/mol.